The van der Waals surface area contributed by atoms with Crippen molar-refractivity contribution >= 4 is 7.26 Å². The highest BCUT2D eigenvalue weighted by Crippen LogP contribution is 2.60. The summed E-state index contributed by atoms with van der Waals surface area (Å²) in [6.45, 7) is 7.39. The second kappa shape index (κ2) is 44.7. The van der Waals surface area contributed by atoms with Gasteiger partial charge in [-0.25, -0.2) is 0 Å². The highest BCUT2D eigenvalue weighted by molar-refractivity contribution is 7.75. The summed E-state index contributed by atoms with van der Waals surface area (Å²) in [6.07, 6.45) is 57.7. The van der Waals surface area contributed by atoms with Gasteiger partial charge in [0.2, 0.25) is 0 Å². The van der Waals surface area contributed by atoms with Crippen molar-refractivity contribution in [3.05, 3.63) is 15.3 Å². The second-order valence-electron chi connectivity index (χ2n) is 15.9. The van der Waals surface area contributed by atoms with Crippen LogP contribution in [0.2, 0.25) is 0 Å². The number of unbranched alkanes of at least 4 members (excludes halogenated alkanes) is 33. The van der Waals surface area contributed by atoms with Gasteiger partial charge in [-0.1, -0.05) is 213 Å². The highest BCUT2D eigenvalue weighted by atomic mass is 31.2. The maximum absolute atomic E-state index is 10.2. The van der Waals surface area contributed by atoms with E-state index in [9.17, 15) is 5.11 Å². The van der Waals surface area contributed by atoms with Crippen LogP contribution < -0.4 is 0 Å². The predicted molar refractivity (Wildman–Crippen MR) is 227 cm³/mol. The van der Waals surface area contributed by atoms with Crippen LogP contribution >= 0.6 is 7.26 Å². The third-order valence-corrected chi connectivity index (χ3v) is 16.0. The van der Waals surface area contributed by atoms with Crippen molar-refractivity contribution in [1.82, 2.24) is 0 Å². The summed E-state index contributed by atoms with van der Waals surface area (Å²) in [7, 11) is -0.986. The maximum atomic E-state index is 10.2. The molecule has 0 radical (unpaired) electrons. The van der Waals surface area contributed by atoms with Gasteiger partial charge in [-0.15, -0.1) is 0 Å². The molecule has 5 nitrogen and oxygen atoms in total. The van der Waals surface area contributed by atoms with E-state index < -0.39 is 12.3 Å². The SMILES string of the molecule is CCCCCCCCCCCCCC[P+](CCO)(CCCCCCCCCCCCCC)CCCCCCCCCCCCCC.O=[N+]([O-])[O-]. The summed E-state index contributed by atoms with van der Waals surface area (Å²) >= 11 is 0. The number of hydrogen-bond donors (Lipinski definition) is 1. The smallest absolute Gasteiger partial charge is 0.0825 e. The van der Waals surface area contributed by atoms with E-state index in [0.29, 0.717) is 6.61 Å². The molecule has 0 unspecified atom stereocenters. The zero-order chi connectivity index (χ0) is 37.1. The molecular weight excluding hydrogens is 637 g/mol. The molecule has 50 heavy (non-hydrogen) atoms. The summed E-state index contributed by atoms with van der Waals surface area (Å²) < 4.78 is 0. The molecule has 0 aromatic rings. The third-order valence-electron chi connectivity index (χ3n) is 11.0. The first kappa shape index (κ1) is 51.7. The Balaban J connectivity index is 0. The Morgan fingerprint density at radius 2 is 0.500 bits per heavy atom. The van der Waals surface area contributed by atoms with E-state index in [4.69, 9.17) is 15.3 Å². The first-order valence-electron chi connectivity index (χ1n) is 22.8. The minimum Gasteiger partial charge on any atom is -0.393 e. The molecule has 0 aliphatic carbocycles. The van der Waals surface area contributed by atoms with Gasteiger partial charge < -0.3 is 20.4 Å². The summed E-state index contributed by atoms with van der Waals surface area (Å²) in [5, 5.41) is 25.0. The molecule has 6 heteroatoms. The lowest BCUT2D eigenvalue weighted by Crippen LogP contribution is -2.15. The second-order valence-corrected chi connectivity index (χ2v) is 20.3. The van der Waals surface area contributed by atoms with E-state index in [0.717, 1.165) is 0 Å². The summed E-state index contributed by atoms with van der Waals surface area (Å²) in [5.41, 5.74) is 0. The Bertz CT molecular complexity index is 562. The Kier molecular flexibility index (Phi) is 46.3. The Morgan fingerprint density at radius 1 is 0.340 bits per heavy atom. The largest absolute Gasteiger partial charge is 0.393 e. The fraction of sp³-hybridized carbons (Fsp3) is 1.00. The van der Waals surface area contributed by atoms with Gasteiger partial charge in [0, 0.05) is 7.26 Å². The molecule has 0 aliphatic rings. The van der Waals surface area contributed by atoms with Crippen molar-refractivity contribution in [3.63, 3.8) is 0 Å². The average Bonchev–Trinajstić information content (AvgIpc) is 3.09. The van der Waals surface area contributed by atoms with Crippen molar-refractivity contribution < 1.29 is 10.2 Å². The molecular formula is C44H92NO4P. The highest BCUT2D eigenvalue weighted by Gasteiger charge is 2.35. The lowest BCUT2D eigenvalue weighted by atomic mass is 10.1. The monoisotopic (exact) mass is 730 g/mol. The zero-order valence-electron chi connectivity index (χ0n) is 34.6. The van der Waals surface area contributed by atoms with Gasteiger partial charge in [-0.05, 0) is 38.5 Å². The Hall–Kier alpha value is -0.410. The predicted octanol–water partition coefficient (Wildman–Crippen LogP) is 15.9. The van der Waals surface area contributed by atoms with Crippen molar-refractivity contribution in [2.24, 2.45) is 0 Å². The number of rotatable bonds is 41. The van der Waals surface area contributed by atoms with Gasteiger partial charge in [0.1, 0.15) is 0 Å². The van der Waals surface area contributed by atoms with Crippen LogP contribution in [0.3, 0.4) is 0 Å². The molecule has 0 aliphatic heterocycles. The number of nitrogens with zero attached hydrogens (tertiary/aromatic N) is 1. The van der Waals surface area contributed by atoms with E-state index in [2.05, 4.69) is 20.8 Å². The van der Waals surface area contributed by atoms with Crippen molar-refractivity contribution in [1.29, 1.82) is 0 Å². The van der Waals surface area contributed by atoms with Crippen LogP contribution in [-0.2, 0) is 0 Å². The van der Waals surface area contributed by atoms with Crippen LogP contribution in [-0.4, -0.2) is 41.4 Å². The minimum absolute atomic E-state index is 0.447. The summed E-state index contributed by atoms with van der Waals surface area (Å²) in [5.74, 6) is 0. The van der Waals surface area contributed by atoms with Crippen LogP contribution in [0.15, 0.2) is 0 Å². The van der Waals surface area contributed by atoms with Crippen molar-refractivity contribution in [2.45, 2.75) is 252 Å². The minimum atomic E-state index is -1.75. The van der Waals surface area contributed by atoms with Crippen LogP contribution in [0.5, 0.6) is 0 Å². The lowest BCUT2D eigenvalue weighted by Gasteiger charge is -2.28. The molecule has 0 saturated carbocycles. The first-order chi connectivity index (χ1) is 24.5. The quantitative estimate of drug-likeness (QED) is 0.0294. The number of hydrogen-bond acceptors (Lipinski definition) is 4. The van der Waals surface area contributed by atoms with Gasteiger partial charge in [0.25, 0.3) is 0 Å². The van der Waals surface area contributed by atoms with Crippen LogP contribution in [0.4, 0.5) is 0 Å². The molecule has 0 rings (SSSR count). The van der Waals surface area contributed by atoms with Gasteiger partial charge in [0.05, 0.1) is 36.3 Å². The van der Waals surface area contributed by atoms with E-state index in [-0.39, 0.29) is 0 Å². The van der Waals surface area contributed by atoms with E-state index in [1.807, 2.05) is 0 Å². The van der Waals surface area contributed by atoms with Crippen molar-refractivity contribution in [3.8, 4) is 0 Å². The molecule has 0 heterocycles. The molecule has 0 atom stereocenters. The van der Waals surface area contributed by atoms with Gasteiger partial charge in [0.15, 0.2) is 0 Å². The topological polar surface area (TPSA) is 86.4 Å². The number of aliphatic hydroxyl groups is 1. The molecule has 302 valence electrons. The van der Waals surface area contributed by atoms with E-state index in [1.165, 1.54) is 256 Å². The Morgan fingerprint density at radius 3 is 0.660 bits per heavy atom. The molecule has 0 aromatic carbocycles. The van der Waals surface area contributed by atoms with E-state index >= 15 is 0 Å². The fourth-order valence-electron chi connectivity index (χ4n) is 7.75. The third kappa shape index (κ3) is 43.8. The first-order valence-corrected chi connectivity index (χ1v) is 25.3. The molecule has 0 spiro atoms. The zero-order valence-corrected chi connectivity index (χ0v) is 35.5. The molecule has 0 saturated heterocycles. The molecule has 0 fully saturated rings. The molecule has 0 aromatic heterocycles. The average molecular weight is 730 g/mol. The van der Waals surface area contributed by atoms with Crippen LogP contribution in [0.25, 0.3) is 0 Å². The van der Waals surface area contributed by atoms with Gasteiger partial charge in [-0.3, -0.25) is 0 Å². The van der Waals surface area contributed by atoms with Crippen LogP contribution in [0.1, 0.15) is 252 Å². The van der Waals surface area contributed by atoms with Gasteiger partial charge in [-0.2, -0.15) is 0 Å². The van der Waals surface area contributed by atoms with Gasteiger partial charge >= 0.3 is 0 Å². The molecule has 1 N–H and O–H groups in total. The normalized spacial score (nSPS) is 11.5. The van der Waals surface area contributed by atoms with Crippen LogP contribution in [0, 0.1) is 15.3 Å². The fourth-order valence-corrected chi connectivity index (χ4v) is 12.2. The lowest BCUT2D eigenvalue weighted by molar-refractivity contribution is -0.402. The summed E-state index contributed by atoms with van der Waals surface area (Å²) in [4.78, 5) is 8.25. The van der Waals surface area contributed by atoms with E-state index in [1.54, 1.807) is 0 Å². The van der Waals surface area contributed by atoms with Crippen molar-refractivity contribution in [2.75, 3.05) is 31.3 Å². The molecule has 0 bridgehead atoms. The standard InChI is InChI=1S/C44H92OP.NO3/c1-4-7-10-13-16-19-22-25-28-31-34-37-41-46(44-40-45,42-38-35-32-29-26-23-20-17-14-11-8-5-2)43-39-36-33-30-27-24-21-18-15-12-9-6-3;2-1(3)4/h45H,4-44H2,1-3H3;/q+1;-1. The summed E-state index contributed by atoms with van der Waals surface area (Å²) in [6, 6.07) is 0. The number of aliphatic hydroxyl groups excluding tert-OH is 1. The maximum Gasteiger partial charge on any atom is 0.0825 e. The molecule has 0 amide bonds. The Labute approximate surface area is 315 Å².